The summed E-state index contributed by atoms with van der Waals surface area (Å²) in [6, 6.07) is 20.0. The van der Waals surface area contributed by atoms with Gasteiger partial charge in [0.05, 0.1) is 16.1 Å². The first-order chi connectivity index (χ1) is 16.1. The van der Waals surface area contributed by atoms with Gasteiger partial charge in [0.25, 0.3) is 15.9 Å². The predicted octanol–water partition coefficient (Wildman–Crippen LogP) is 4.70. The Balaban J connectivity index is 1.76. The molecule has 3 rings (SSSR count). The molecular weight excluding hydrogens is 452 g/mol. The average Bonchev–Trinajstić information content (AvgIpc) is 2.82. The molecule has 1 atom stereocenters. The zero-order chi connectivity index (χ0) is 24.9. The summed E-state index contributed by atoms with van der Waals surface area (Å²) < 4.78 is 33.1. The fraction of sp³-hybridized carbons (Fsp3) is 0.231. The number of carbonyl (C=O) groups excluding carboxylic acids is 2. The Hall–Kier alpha value is -3.65. The molecule has 0 saturated heterocycles. The number of rotatable bonds is 8. The molecule has 3 aromatic carbocycles. The van der Waals surface area contributed by atoms with Gasteiger partial charge in [-0.05, 0) is 75.2 Å². The maximum Gasteiger partial charge on any atom is 0.338 e. The summed E-state index contributed by atoms with van der Waals surface area (Å²) in [5.41, 5.74) is 3.07. The number of nitrogens with zero attached hydrogens (tertiary/aromatic N) is 1. The number of anilines is 2. The molecule has 0 spiro atoms. The number of para-hydroxylation sites is 1. The van der Waals surface area contributed by atoms with Crippen LogP contribution in [0.3, 0.4) is 0 Å². The summed E-state index contributed by atoms with van der Waals surface area (Å²) in [7, 11) is -3.91. The second-order valence-corrected chi connectivity index (χ2v) is 9.75. The first-order valence-corrected chi connectivity index (χ1v) is 12.3. The van der Waals surface area contributed by atoms with Gasteiger partial charge < -0.3 is 10.1 Å². The van der Waals surface area contributed by atoms with Gasteiger partial charge in [-0.15, -0.1) is 0 Å². The van der Waals surface area contributed by atoms with Gasteiger partial charge in [0.1, 0.15) is 0 Å². The van der Waals surface area contributed by atoms with Crippen molar-refractivity contribution in [2.24, 2.45) is 0 Å². The Morgan fingerprint density at radius 3 is 2.35 bits per heavy atom. The third-order valence-electron chi connectivity index (χ3n) is 5.29. The zero-order valence-electron chi connectivity index (χ0n) is 19.6. The molecule has 0 saturated carbocycles. The Kier molecular flexibility index (Phi) is 7.73. The Labute approximate surface area is 200 Å². The highest BCUT2D eigenvalue weighted by molar-refractivity contribution is 7.92. The van der Waals surface area contributed by atoms with Crippen LogP contribution in [0.25, 0.3) is 0 Å². The van der Waals surface area contributed by atoms with Crippen molar-refractivity contribution in [2.75, 3.05) is 16.2 Å². The quantitative estimate of drug-likeness (QED) is 0.472. The van der Waals surface area contributed by atoms with Gasteiger partial charge in [0, 0.05) is 12.2 Å². The molecule has 0 fully saturated rings. The van der Waals surface area contributed by atoms with Crippen LogP contribution in [-0.2, 0) is 19.6 Å². The lowest BCUT2D eigenvalue weighted by Crippen LogP contribution is -2.31. The second kappa shape index (κ2) is 10.5. The number of benzene rings is 3. The van der Waals surface area contributed by atoms with E-state index in [1.165, 1.54) is 35.5 Å². The number of nitrogens with one attached hydrogen (secondary N) is 1. The maximum atomic E-state index is 13.2. The number of sulfonamides is 1. The van der Waals surface area contributed by atoms with Crippen molar-refractivity contribution in [3.63, 3.8) is 0 Å². The SMILES string of the molecule is CCN(c1ccccc1)S(=O)(=O)c1cccc(C(=O)OC(C)C(=O)Nc2cc(C)ccc2C)c1. The number of ether oxygens (including phenoxy) is 1. The molecule has 0 aliphatic carbocycles. The molecule has 1 N–H and O–H groups in total. The summed E-state index contributed by atoms with van der Waals surface area (Å²) in [6.07, 6.45) is -1.08. The average molecular weight is 481 g/mol. The van der Waals surface area contributed by atoms with Crippen LogP contribution in [0.15, 0.2) is 77.7 Å². The van der Waals surface area contributed by atoms with Crippen LogP contribution in [0.5, 0.6) is 0 Å². The van der Waals surface area contributed by atoms with Crippen LogP contribution in [0.1, 0.15) is 35.3 Å². The van der Waals surface area contributed by atoms with Crippen LogP contribution >= 0.6 is 0 Å². The molecule has 178 valence electrons. The molecule has 0 aliphatic rings. The van der Waals surface area contributed by atoms with E-state index in [2.05, 4.69) is 5.32 Å². The highest BCUT2D eigenvalue weighted by Gasteiger charge is 2.26. The molecule has 0 aromatic heterocycles. The fourth-order valence-corrected chi connectivity index (χ4v) is 4.90. The first-order valence-electron chi connectivity index (χ1n) is 10.9. The molecule has 1 unspecified atom stereocenters. The van der Waals surface area contributed by atoms with E-state index in [1.54, 1.807) is 37.3 Å². The van der Waals surface area contributed by atoms with Crippen molar-refractivity contribution in [3.05, 3.63) is 89.5 Å². The van der Waals surface area contributed by atoms with E-state index in [-0.39, 0.29) is 17.0 Å². The molecule has 0 heterocycles. The molecule has 7 nitrogen and oxygen atoms in total. The van der Waals surface area contributed by atoms with E-state index >= 15 is 0 Å². The minimum atomic E-state index is -3.91. The molecule has 3 aromatic rings. The van der Waals surface area contributed by atoms with Gasteiger partial charge in [0.15, 0.2) is 6.10 Å². The summed E-state index contributed by atoms with van der Waals surface area (Å²) in [5, 5.41) is 2.77. The van der Waals surface area contributed by atoms with Gasteiger partial charge in [-0.2, -0.15) is 0 Å². The van der Waals surface area contributed by atoms with Gasteiger partial charge in [0.2, 0.25) is 0 Å². The summed E-state index contributed by atoms with van der Waals surface area (Å²) >= 11 is 0. The number of amides is 1. The Morgan fingerprint density at radius 2 is 1.68 bits per heavy atom. The van der Waals surface area contributed by atoms with E-state index in [4.69, 9.17) is 4.74 Å². The van der Waals surface area contributed by atoms with E-state index in [1.807, 2.05) is 32.0 Å². The van der Waals surface area contributed by atoms with Crippen LogP contribution in [-0.4, -0.2) is 32.9 Å². The highest BCUT2D eigenvalue weighted by Crippen LogP contribution is 2.24. The van der Waals surface area contributed by atoms with E-state index < -0.39 is 28.0 Å². The van der Waals surface area contributed by atoms with Crippen molar-refractivity contribution in [1.82, 2.24) is 0 Å². The number of esters is 1. The van der Waals surface area contributed by atoms with Crippen molar-refractivity contribution in [1.29, 1.82) is 0 Å². The molecule has 0 aliphatic heterocycles. The van der Waals surface area contributed by atoms with E-state index in [0.717, 1.165) is 11.1 Å². The lowest BCUT2D eigenvalue weighted by atomic mass is 10.1. The van der Waals surface area contributed by atoms with Gasteiger partial charge >= 0.3 is 5.97 Å². The summed E-state index contributed by atoms with van der Waals surface area (Å²) in [4.78, 5) is 25.2. The minimum absolute atomic E-state index is 0.0385. The topological polar surface area (TPSA) is 92.8 Å². The first kappa shape index (κ1) is 25.0. The van der Waals surface area contributed by atoms with Gasteiger partial charge in [-0.25, -0.2) is 13.2 Å². The normalized spacial score (nSPS) is 12.0. The molecule has 8 heteroatoms. The monoisotopic (exact) mass is 480 g/mol. The highest BCUT2D eigenvalue weighted by atomic mass is 32.2. The van der Waals surface area contributed by atoms with E-state index in [9.17, 15) is 18.0 Å². The lowest BCUT2D eigenvalue weighted by Gasteiger charge is -2.23. The molecule has 34 heavy (non-hydrogen) atoms. The van der Waals surface area contributed by atoms with E-state index in [0.29, 0.717) is 11.4 Å². The smallest absolute Gasteiger partial charge is 0.338 e. The van der Waals surface area contributed by atoms with Gasteiger partial charge in [-0.1, -0.05) is 36.4 Å². The Bertz CT molecular complexity index is 1290. The summed E-state index contributed by atoms with van der Waals surface area (Å²) in [6.45, 7) is 7.20. The number of hydrogen-bond acceptors (Lipinski definition) is 5. The standard InChI is InChI=1S/C26H28N2O5S/c1-5-28(22-11-7-6-8-12-22)34(31,32)23-13-9-10-21(17-23)26(30)33-20(4)25(29)27-24-16-18(2)14-15-19(24)3/h6-17,20H,5H2,1-4H3,(H,27,29). The van der Waals surface area contributed by atoms with Crippen molar-refractivity contribution < 1.29 is 22.7 Å². The van der Waals surface area contributed by atoms with Crippen molar-refractivity contribution in [3.8, 4) is 0 Å². The minimum Gasteiger partial charge on any atom is -0.449 e. The van der Waals surface area contributed by atoms with Crippen molar-refractivity contribution in [2.45, 2.75) is 38.7 Å². The number of carbonyl (C=O) groups is 2. The van der Waals surface area contributed by atoms with Crippen LogP contribution in [0, 0.1) is 13.8 Å². The second-order valence-electron chi connectivity index (χ2n) is 7.89. The molecule has 0 bridgehead atoms. The summed E-state index contributed by atoms with van der Waals surface area (Å²) in [5.74, 6) is -1.27. The predicted molar refractivity (Wildman–Crippen MR) is 133 cm³/mol. The number of aryl methyl sites for hydroxylation is 2. The Morgan fingerprint density at radius 1 is 0.971 bits per heavy atom. The third-order valence-corrected chi connectivity index (χ3v) is 7.19. The lowest BCUT2D eigenvalue weighted by molar-refractivity contribution is -0.123. The zero-order valence-corrected chi connectivity index (χ0v) is 20.4. The van der Waals surface area contributed by atoms with Crippen LogP contribution in [0.2, 0.25) is 0 Å². The molecule has 1 amide bonds. The third kappa shape index (κ3) is 5.63. The van der Waals surface area contributed by atoms with Crippen LogP contribution < -0.4 is 9.62 Å². The molecule has 0 radical (unpaired) electrons. The largest absolute Gasteiger partial charge is 0.449 e. The van der Waals surface area contributed by atoms with Crippen LogP contribution in [0.4, 0.5) is 11.4 Å². The van der Waals surface area contributed by atoms with Crippen molar-refractivity contribution >= 4 is 33.3 Å². The molecular formula is C26H28N2O5S. The number of hydrogen-bond donors (Lipinski definition) is 1. The van der Waals surface area contributed by atoms with Gasteiger partial charge in [-0.3, -0.25) is 9.10 Å². The maximum absolute atomic E-state index is 13.2. The fourth-order valence-electron chi connectivity index (χ4n) is 3.38.